The zero-order chi connectivity index (χ0) is 17.8. The van der Waals surface area contributed by atoms with Crippen molar-refractivity contribution in [3.63, 3.8) is 0 Å². The first-order chi connectivity index (χ1) is 12.0. The molecule has 1 aliphatic rings. The molecule has 25 heavy (non-hydrogen) atoms. The van der Waals surface area contributed by atoms with Gasteiger partial charge in [-0.3, -0.25) is 4.90 Å². The summed E-state index contributed by atoms with van der Waals surface area (Å²) < 4.78 is 3.78. The van der Waals surface area contributed by atoms with Crippen LogP contribution in [-0.4, -0.2) is 52.3 Å². The first-order valence-electron chi connectivity index (χ1n) is 8.55. The molecule has 5 nitrogen and oxygen atoms in total. The van der Waals surface area contributed by atoms with Gasteiger partial charge in [-0.05, 0) is 36.3 Å². The van der Waals surface area contributed by atoms with E-state index in [0.29, 0.717) is 0 Å². The Hall–Kier alpha value is -0.800. The lowest BCUT2D eigenvalue weighted by atomic mass is 10.2. The SMILES string of the molecule is CC(C)CN1CCN(Cn2nc(Nc3cccc(Br)c3)sc2=S)CC1. The van der Waals surface area contributed by atoms with E-state index in [1.165, 1.54) is 17.9 Å². The number of nitrogens with one attached hydrogen (secondary N) is 1. The van der Waals surface area contributed by atoms with E-state index in [-0.39, 0.29) is 0 Å². The molecule has 0 unspecified atom stereocenters. The number of aromatic nitrogens is 2. The van der Waals surface area contributed by atoms with Crippen molar-refractivity contribution in [2.24, 2.45) is 5.92 Å². The van der Waals surface area contributed by atoms with Crippen LogP contribution in [0.5, 0.6) is 0 Å². The maximum atomic E-state index is 5.50. The van der Waals surface area contributed by atoms with Crippen LogP contribution in [0.2, 0.25) is 0 Å². The van der Waals surface area contributed by atoms with Crippen molar-refractivity contribution in [3.8, 4) is 0 Å². The Bertz CT molecular complexity index is 749. The summed E-state index contributed by atoms with van der Waals surface area (Å²) in [5.74, 6) is 0.727. The van der Waals surface area contributed by atoms with Crippen molar-refractivity contribution in [3.05, 3.63) is 32.7 Å². The number of halogens is 1. The van der Waals surface area contributed by atoms with E-state index in [1.54, 1.807) is 0 Å². The Balaban J connectivity index is 1.57. The van der Waals surface area contributed by atoms with Crippen LogP contribution in [0, 0.1) is 9.87 Å². The minimum Gasteiger partial charge on any atom is -0.330 e. The lowest BCUT2D eigenvalue weighted by Gasteiger charge is -2.35. The molecule has 0 spiro atoms. The van der Waals surface area contributed by atoms with Gasteiger partial charge >= 0.3 is 0 Å². The molecule has 136 valence electrons. The lowest BCUT2D eigenvalue weighted by Crippen LogP contribution is -2.47. The predicted octanol–water partition coefficient (Wildman–Crippen LogP) is 4.41. The summed E-state index contributed by atoms with van der Waals surface area (Å²) in [6, 6.07) is 8.06. The van der Waals surface area contributed by atoms with Crippen molar-refractivity contribution >= 4 is 50.3 Å². The van der Waals surface area contributed by atoms with Crippen LogP contribution in [0.1, 0.15) is 13.8 Å². The maximum absolute atomic E-state index is 5.50. The molecule has 0 amide bonds. The van der Waals surface area contributed by atoms with Crippen LogP contribution in [0.4, 0.5) is 10.8 Å². The minimum atomic E-state index is 0.727. The molecule has 1 aliphatic heterocycles. The monoisotopic (exact) mass is 441 g/mol. The third-order valence-electron chi connectivity index (χ3n) is 4.10. The Kier molecular flexibility index (Phi) is 6.62. The quantitative estimate of drug-likeness (QED) is 0.671. The standard InChI is InChI=1S/C17H24BrN5S2/c1-13(2)11-21-6-8-22(9-7-21)12-23-17(24)25-16(20-23)19-15-5-3-4-14(18)10-15/h3-5,10,13H,6-9,11-12H2,1-2H3,(H,19,20). The molecule has 0 bridgehead atoms. The number of hydrogen-bond acceptors (Lipinski definition) is 6. The summed E-state index contributed by atoms with van der Waals surface area (Å²) in [5.41, 5.74) is 1.01. The molecule has 2 aromatic rings. The summed E-state index contributed by atoms with van der Waals surface area (Å²) in [5, 5.41) is 8.82. The Morgan fingerprint density at radius 3 is 2.64 bits per heavy atom. The fourth-order valence-corrected chi connectivity index (χ4v) is 4.37. The van der Waals surface area contributed by atoms with Gasteiger partial charge in [0, 0.05) is 42.9 Å². The normalized spacial score (nSPS) is 16.5. The molecule has 1 N–H and O–H groups in total. The molecule has 1 fully saturated rings. The summed E-state index contributed by atoms with van der Waals surface area (Å²) in [7, 11) is 0. The Labute approximate surface area is 166 Å². The highest BCUT2D eigenvalue weighted by molar-refractivity contribution is 9.10. The van der Waals surface area contributed by atoms with Crippen LogP contribution in [0.15, 0.2) is 28.7 Å². The van der Waals surface area contributed by atoms with E-state index in [1.807, 2.05) is 28.9 Å². The van der Waals surface area contributed by atoms with E-state index in [9.17, 15) is 0 Å². The highest BCUT2D eigenvalue weighted by atomic mass is 79.9. The molecule has 0 aliphatic carbocycles. The summed E-state index contributed by atoms with van der Waals surface area (Å²) in [6.07, 6.45) is 0. The fraction of sp³-hybridized carbons (Fsp3) is 0.529. The largest absolute Gasteiger partial charge is 0.330 e. The second kappa shape index (κ2) is 8.73. The van der Waals surface area contributed by atoms with Crippen LogP contribution in [0.3, 0.4) is 0 Å². The average Bonchev–Trinajstić information content (AvgIpc) is 2.88. The van der Waals surface area contributed by atoms with Gasteiger partial charge in [-0.1, -0.05) is 47.2 Å². The van der Waals surface area contributed by atoms with Gasteiger partial charge in [0.1, 0.15) is 0 Å². The van der Waals surface area contributed by atoms with Gasteiger partial charge in [0.15, 0.2) is 3.95 Å². The molecule has 2 heterocycles. The number of nitrogens with zero attached hydrogens (tertiary/aromatic N) is 4. The second-order valence-corrected chi connectivity index (χ2v) is 9.30. The molecule has 1 aromatic heterocycles. The van der Waals surface area contributed by atoms with Crippen molar-refractivity contribution in [2.75, 3.05) is 38.0 Å². The molecule has 3 rings (SSSR count). The van der Waals surface area contributed by atoms with Gasteiger partial charge in [0.2, 0.25) is 5.13 Å². The molecule has 0 radical (unpaired) electrons. The highest BCUT2D eigenvalue weighted by Gasteiger charge is 2.18. The van der Waals surface area contributed by atoms with Gasteiger partial charge < -0.3 is 10.2 Å². The van der Waals surface area contributed by atoms with E-state index in [4.69, 9.17) is 12.2 Å². The number of anilines is 2. The molecule has 0 saturated carbocycles. The number of piperazine rings is 1. The van der Waals surface area contributed by atoms with Crippen molar-refractivity contribution in [1.29, 1.82) is 0 Å². The van der Waals surface area contributed by atoms with Crippen LogP contribution in [-0.2, 0) is 6.67 Å². The molecule has 8 heteroatoms. The van der Waals surface area contributed by atoms with Crippen molar-refractivity contribution < 1.29 is 0 Å². The smallest absolute Gasteiger partial charge is 0.209 e. The van der Waals surface area contributed by atoms with E-state index >= 15 is 0 Å². The van der Waals surface area contributed by atoms with Gasteiger partial charge in [-0.2, -0.15) is 0 Å². The highest BCUT2D eigenvalue weighted by Crippen LogP contribution is 2.23. The molecular formula is C17H24BrN5S2. The van der Waals surface area contributed by atoms with Crippen LogP contribution < -0.4 is 5.32 Å². The summed E-state index contributed by atoms with van der Waals surface area (Å²) >= 11 is 10.5. The number of rotatable bonds is 6. The fourth-order valence-electron chi connectivity index (χ4n) is 2.95. The second-order valence-electron chi connectivity index (χ2n) is 6.76. The van der Waals surface area contributed by atoms with Crippen molar-refractivity contribution in [1.82, 2.24) is 19.6 Å². The van der Waals surface area contributed by atoms with Gasteiger partial charge in [0.25, 0.3) is 0 Å². The first kappa shape index (κ1) is 19.0. The van der Waals surface area contributed by atoms with E-state index in [2.05, 4.69) is 50.0 Å². The van der Waals surface area contributed by atoms with Crippen molar-refractivity contribution in [2.45, 2.75) is 20.5 Å². The predicted molar refractivity (Wildman–Crippen MR) is 111 cm³/mol. The molecule has 1 saturated heterocycles. The summed E-state index contributed by atoms with van der Waals surface area (Å²) in [4.78, 5) is 4.97. The molecule has 0 atom stereocenters. The zero-order valence-electron chi connectivity index (χ0n) is 14.6. The van der Waals surface area contributed by atoms with Crippen LogP contribution >= 0.6 is 39.5 Å². The van der Waals surface area contributed by atoms with E-state index < -0.39 is 0 Å². The average molecular weight is 442 g/mol. The summed E-state index contributed by atoms with van der Waals surface area (Å²) in [6.45, 7) is 10.9. The number of benzene rings is 1. The number of hydrogen-bond donors (Lipinski definition) is 1. The van der Waals surface area contributed by atoms with Gasteiger partial charge in [-0.15, -0.1) is 5.10 Å². The first-order valence-corrected chi connectivity index (χ1v) is 10.6. The lowest BCUT2D eigenvalue weighted by molar-refractivity contribution is 0.0955. The Morgan fingerprint density at radius 1 is 1.24 bits per heavy atom. The van der Waals surface area contributed by atoms with Gasteiger partial charge in [-0.25, -0.2) is 4.68 Å². The third-order valence-corrected chi connectivity index (χ3v) is 5.82. The van der Waals surface area contributed by atoms with E-state index in [0.717, 1.165) is 58.0 Å². The van der Waals surface area contributed by atoms with Crippen LogP contribution in [0.25, 0.3) is 0 Å². The Morgan fingerprint density at radius 2 is 1.96 bits per heavy atom. The minimum absolute atomic E-state index is 0.727. The topological polar surface area (TPSA) is 36.3 Å². The zero-order valence-corrected chi connectivity index (χ0v) is 17.8. The van der Waals surface area contributed by atoms with Gasteiger partial charge in [0.05, 0.1) is 6.67 Å². The molecule has 1 aromatic carbocycles. The third kappa shape index (κ3) is 5.59. The molecular weight excluding hydrogens is 418 g/mol. The maximum Gasteiger partial charge on any atom is 0.209 e.